The molecule has 0 aliphatic carbocycles. The van der Waals surface area contributed by atoms with Crippen LogP contribution in [0.5, 0.6) is 0 Å². The molecule has 6 aromatic rings. The third kappa shape index (κ3) is 16.3. The normalized spacial score (nSPS) is 11.0. The molecule has 0 bridgehead atoms. The Bertz CT molecular complexity index is 3410. The van der Waals surface area contributed by atoms with Gasteiger partial charge in [0.25, 0.3) is 21.2 Å². The minimum absolute atomic E-state index is 0. The van der Waals surface area contributed by atoms with E-state index < -0.39 is 44.2 Å². The molecule has 6 rings (SSSR count). The summed E-state index contributed by atoms with van der Waals surface area (Å²) >= 11 is 11.6. The molecular formula is C50H50Cl2N8O9S. The molecule has 4 aromatic heterocycles. The molecule has 0 amide bonds. The Kier molecular flexibility index (Phi) is 20.8. The summed E-state index contributed by atoms with van der Waals surface area (Å²) in [5.41, 5.74) is 2.93. The third-order valence-electron chi connectivity index (χ3n) is 9.60. The zero-order chi connectivity index (χ0) is 51.2. The molecule has 20 heteroatoms. The van der Waals surface area contributed by atoms with Gasteiger partial charge in [0.1, 0.15) is 16.0 Å². The molecule has 0 spiro atoms. The SMILES string of the molecule is C.CS(=O)(=O)OCc1ccnc(Cl)c1.Cc1cc(/C=C/C#N)cc(C(=O)c2[nH]c(=O)[nH]c(=O)c2C(C)C)c1.Cc1cc(/C=C/C#N)cc(C(=O)c2c(C(C)C)c(=O)[nH]c(=O)n2Cc2ccnc(Cl)c2)c1. The number of carbonyl (C=O) groups excluding carboxylic acids is 2. The quantitative estimate of drug-likeness (QED) is 0.0429. The Hall–Kier alpha value is -7.61. The maximum absolute atomic E-state index is 13.7. The van der Waals surface area contributed by atoms with E-state index in [0.29, 0.717) is 38.5 Å². The van der Waals surface area contributed by atoms with Crippen LogP contribution in [0.25, 0.3) is 12.2 Å². The van der Waals surface area contributed by atoms with Crippen LogP contribution in [0, 0.1) is 36.5 Å². The number of halogens is 2. The number of hydrogen-bond donors (Lipinski definition) is 3. The highest BCUT2D eigenvalue weighted by Crippen LogP contribution is 2.23. The van der Waals surface area contributed by atoms with Crippen molar-refractivity contribution in [1.29, 1.82) is 10.5 Å². The third-order valence-corrected chi connectivity index (χ3v) is 10.6. The average Bonchev–Trinajstić information content (AvgIpc) is 3.26. The van der Waals surface area contributed by atoms with Gasteiger partial charge >= 0.3 is 11.4 Å². The van der Waals surface area contributed by atoms with E-state index in [9.17, 15) is 37.2 Å². The smallest absolute Gasteiger partial charge is 0.304 e. The highest BCUT2D eigenvalue weighted by molar-refractivity contribution is 7.85. The topological polar surface area (TPSA) is 271 Å². The Morgan fingerprint density at radius 2 is 1.21 bits per heavy atom. The monoisotopic (exact) mass is 1010 g/mol. The number of nitriles is 2. The summed E-state index contributed by atoms with van der Waals surface area (Å²) < 4.78 is 27.1. The molecule has 0 unspecified atom stereocenters. The number of benzene rings is 2. The fourth-order valence-electron chi connectivity index (χ4n) is 6.80. The number of aryl methyl sites for hydroxylation is 2. The minimum Gasteiger partial charge on any atom is -0.304 e. The van der Waals surface area contributed by atoms with Gasteiger partial charge < -0.3 is 4.98 Å². The summed E-state index contributed by atoms with van der Waals surface area (Å²) in [7, 11) is -3.40. The van der Waals surface area contributed by atoms with Gasteiger partial charge in [-0.05, 0) is 120 Å². The van der Waals surface area contributed by atoms with Crippen LogP contribution in [0.4, 0.5) is 0 Å². The molecule has 70 heavy (non-hydrogen) atoms. The molecular weight excluding hydrogens is 960 g/mol. The summed E-state index contributed by atoms with van der Waals surface area (Å²) in [6.45, 7) is 10.8. The second-order valence-electron chi connectivity index (χ2n) is 15.9. The second-order valence-corrected chi connectivity index (χ2v) is 18.3. The Labute approximate surface area is 413 Å². The van der Waals surface area contributed by atoms with E-state index >= 15 is 0 Å². The van der Waals surface area contributed by atoms with E-state index in [0.717, 1.165) is 17.4 Å². The number of hydrogen-bond acceptors (Lipinski definition) is 13. The van der Waals surface area contributed by atoms with Crippen LogP contribution in [0.15, 0.2) is 104 Å². The summed E-state index contributed by atoms with van der Waals surface area (Å²) in [5.74, 6) is -1.43. The summed E-state index contributed by atoms with van der Waals surface area (Å²) in [4.78, 5) is 90.2. The maximum atomic E-state index is 13.7. The van der Waals surface area contributed by atoms with Crippen molar-refractivity contribution in [1.82, 2.24) is 29.5 Å². The molecule has 0 saturated carbocycles. The first-order valence-electron chi connectivity index (χ1n) is 20.8. The lowest BCUT2D eigenvalue weighted by atomic mass is 9.95. The van der Waals surface area contributed by atoms with E-state index in [4.69, 9.17) is 33.7 Å². The zero-order valence-electron chi connectivity index (χ0n) is 38.4. The molecule has 17 nitrogen and oxygen atoms in total. The number of H-pyrrole nitrogens is 3. The van der Waals surface area contributed by atoms with Gasteiger partial charge in [-0.15, -0.1) is 0 Å². The van der Waals surface area contributed by atoms with Gasteiger partial charge in [-0.2, -0.15) is 18.9 Å². The van der Waals surface area contributed by atoms with E-state index in [-0.39, 0.29) is 60.1 Å². The number of rotatable bonds is 13. The van der Waals surface area contributed by atoms with E-state index in [1.54, 1.807) is 88.4 Å². The number of nitrogens with one attached hydrogen (secondary N) is 3. The maximum Gasteiger partial charge on any atom is 0.329 e. The van der Waals surface area contributed by atoms with Crippen LogP contribution in [-0.2, 0) is 27.5 Å². The molecule has 0 aliphatic heterocycles. The molecule has 0 saturated heterocycles. The number of ketones is 2. The first-order valence-corrected chi connectivity index (χ1v) is 23.3. The first-order chi connectivity index (χ1) is 32.5. The first kappa shape index (κ1) is 56.7. The molecule has 4 heterocycles. The van der Waals surface area contributed by atoms with E-state index in [1.807, 2.05) is 38.1 Å². The van der Waals surface area contributed by atoms with Gasteiger partial charge in [0, 0.05) is 46.8 Å². The molecule has 3 N–H and O–H groups in total. The Morgan fingerprint density at radius 3 is 1.70 bits per heavy atom. The van der Waals surface area contributed by atoms with Crippen LogP contribution >= 0.6 is 23.2 Å². The number of carbonyl (C=O) groups is 2. The van der Waals surface area contributed by atoms with Gasteiger partial charge in [-0.3, -0.25) is 37.9 Å². The average molecular weight is 1010 g/mol. The van der Waals surface area contributed by atoms with Crippen LogP contribution in [0.1, 0.15) is 124 Å². The van der Waals surface area contributed by atoms with Crippen LogP contribution in [0.3, 0.4) is 0 Å². The van der Waals surface area contributed by atoms with Gasteiger partial charge in [-0.25, -0.2) is 19.6 Å². The van der Waals surface area contributed by atoms with Crippen molar-refractivity contribution in [3.63, 3.8) is 0 Å². The van der Waals surface area contributed by atoms with Gasteiger partial charge in [0.05, 0.1) is 37.2 Å². The second kappa shape index (κ2) is 25.7. The summed E-state index contributed by atoms with van der Waals surface area (Å²) in [6.07, 6.45) is 9.81. The van der Waals surface area contributed by atoms with Gasteiger partial charge in [0.15, 0.2) is 0 Å². The molecule has 0 aliphatic rings. The van der Waals surface area contributed by atoms with Crippen LogP contribution in [0.2, 0.25) is 10.3 Å². The zero-order valence-corrected chi connectivity index (χ0v) is 40.7. The van der Waals surface area contributed by atoms with Crippen LogP contribution in [-0.4, -0.2) is 55.7 Å². The lowest BCUT2D eigenvalue weighted by molar-refractivity contribution is 0.102. The van der Waals surface area contributed by atoms with Crippen molar-refractivity contribution in [2.45, 2.75) is 74.0 Å². The van der Waals surface area contributed by atoms with Gasteiger partial charge in [0.2, 0.25) is 11.6 Å². The van der Waals surface area contributed by atoms with E-state index in [1.165, 1.54) is 29.1 Å². The van der Waals surface area contributed by atoms with Crippen molar-refractivity contribution in [2.75, 3.05) is 6.26 Å². The Balaban J connectivity index is 0.000000300. The fraction of sp³-hybridized carbons (Fsp3) is 0.240. The van der Waals surface area contributed by atoms with Crippen molar-refractivity contribution < 1.29 is 22.2 Å². The summed E-state index contributed by atoms with van der Waals surface area (Å²) in [6, 6.07) is 20.6. The fourth-order valence-corrected chi connectivity index (χ4v) is 7.55. The number of nitrogens with zero attached hydrogens (tertiary/aromatic N) is 5. The molecule has 0 radical (unpaired) electrons. The number of pyridine rings is 2. The molecule has 364 valence electrons. The minimum atomic E-state index is -3.40. The van der Waals surface area contributed by atoms with E-state index in [2.05, 4.69) is 29.1 Å². The molecule has 0 atom stereocenters. The van der Waals surface area contributed by atoms with Crippen LogP contribution < -0.4 is 22.5 Å². The lowest BCUT2D eigenvalue weighted by Gasteiger charge is -2.18. The van der Waals surface area contributed by atoms with Crippen molar-refractivity contribution in [2.24, 2.45) is 0 Å². The lowest BCUT2D eigenvalue weighted by Crippen LogP contribution is -2.38. The Morgan fingerprint density at radius 1 is 0.729 bits per heavy atom. The van der Waals surface area contributed by atoms with Crippen molar-refractivity contribution in [3.05, 3.63) is 204 Å². The number of allylic oxidation sites excluding steroid dienone is 2. The standard InChI is InChI=1S/C24H21ClN4O3.C18H17N3O3.C7H8ClNO3S.CH4/c1-14(2)20-21(22(30)18-10-15(3)9-16(11-18)5-4-7-26)29(24(32)28-23(20)31)13-17-6-8-27-19(25)12-17;1-10(2)14-15(20-18(24)21-17(14)23)16(22)13-8-11(3)7-12(9-13)5-4-6-19;1-13(10,11)12-5-6-2-3-9-7(8)4-6;/h4-6,8-12,14H,13H2,1-3H3,(H,28,31,32);4-5,7-10H,1-3H3,(H2,20,21,23,24);2-4H,5H2,1H3;1H4/b2*5-4+;;. The highest BCUT2D eigenvalue weighted by atomic mass is 35.5. The van der Waals surface area contributed by atoms with Crippen molar-refractivity contribution >= 4 is 57.0 Å². The number of aromatic amines is 3. The molecule has 2 aromatic carbocycles. The number of aromatic nitrogens is 6. The largest absolute Gasteiger partial charge is 0.329 e. The summed E-state index contributed by atoms with van der Waals surface area (Å²) in [5, 5.41) is 18.0. The predicted octanol–water partition coefficient (Wildman–Crippen LogP) is 7.94. The van der Waals surface area contributed by atoms with Gasteiger partial charge in [-0.1, -0.05) is 70.5 Å². The molecule has 0 fully saturated rings. The highest BCUT2D eigenvalue weighted by Gasteiger charge is 2.25. The van der Waals surface area contributed by atoms with Crippen molar-refractivity contribution in [3.8, 4) is 12.1 Å². The predicted molar refractivity (Wildman–Crippen MR) is 270 cm³/mol.